The van der Waals surface area contributed by atoms with Crippen LogP contribution in [0.25, 0.3) is 0 Å². The number of aliphatic hydroxyl groups excluding tert-OH is 1. The number of hydrogen-bond acceptors (Lipinski definition) is 5. The minimum Gasteiger partial charge on any atom is -0.496 e. The first-order valence-electron chi connectivity index (χ1n) is 5.60. The molecular formula is C12H16O6S. The molecule has 0 amide bonds. The molecule has 1 unspecified atom stereocenters. The van der Waals surface area contributed by atoms with E-state index in [2.05, 4.69) is 0 Å². The summed E-state index contributed by atoms with van der Waals surface area (Å²) in [7, 11) is -2.31. The predicted octanol–water partition coefficient (Wildman–Crippen LogP) is 0.938. The molecule has 19 heavy (non-hydrogen) atoms. The van der Waals surface area contributed by atoms with E-state index < -0.39 is 21.9 Å². The predicted molar refractivity (Wildman–Crippen MR) is 68.3 cm³/mol. The molecule has 6 nitrogen and oxygen atoms in total. The molecule has 0 aliphatic heterocycles. The normalized spacial score (nSPS) is 13.0. The van der Waals surface area contributed by atoms with Crippen molar-refractivity contribution in [1.29, 1.82) is 0 Å². The smallest absolute Gasteiger partial charge is 0.339 e. The van der Waals surface area contributed by atoms with Crippen LogP contribution in [-0.4, -0.2) is 43.6 Å². The molecule has 1 aromatic carbocycles. The van der Waals surface area contributed by atoms with Crippen LogP contribution in [-0.2, 0) is 9.84 Å². The largest absolute Gasteiger partial charge is 0.496 e. The lowest BCUT2D eigenvalue weighted by Gasteiger charge is -2.09. The number of methoxy groups -OCH3 is 1. The van der Waals surface area contributed by atoms with Gasteiger partial charge in [-0.1, -0.05) is 0 Å². The highest BCUT2D eigenvalue weighted by molar-refractivity contribution is 7.91. The van der Waals surface area contributed by atoms with Gasteiger partial charge in [-0.3, -0.25) is 0 Å². The van der Waals surface area contributed by atoms with Gasteiger partial charge in [0, 0.05) is 0 Å². The molecule has 2 N–H and O–H groups in total. The number of carbonyl (C=O) groups is 1. The molecule has 0 aliphatic carbocycles. The van der Waals surface area contributed by atoms with Crippen molar-refractivity contribution in [2.45, 2.75) is 24.3 Å². The molecule has 0 heterocycles. The first kappa shape index (κ1) is 15.5. The zero-order chi connectivity index (χ0) is 14.6. The van der Waals surface area contributed by atoms with Crippen LogP contribution in [0.2, 0.25) is 0 Å². The van der Waals surface area contributed by atoms with E-state index in [0.29, 0.717) is 0 Å². The van der Waals surface area contributed by atoms with Gasteiger partial charge in [-0.05, 0) is 31.5 Å². The average Bonchev–Trinajstić information content (AvgIpc) is 2.35. The lowest BCUT2D eigenvalue weighted by atomic mass is 10.2. The van der Waals surface area contributed by atoms with Gasteiger partial charge in [-0.2, -0.15) is 0 Å². The second-order valence-electron chi connectivity index (χ2n) is 4.12. The Balaban J connectivity index is 3.14. The van der Waals surface area contributed by atoms with Crippen molar-refractivity contribution in [3.8, 4) is 5.75 Å². The van der Waals surface area contributed by atoms with Crippen LogP contribution in [0.4, 0.5) is 0 Å². The van der Waals surface area contributed by atoms with E-state index in [1.54, 1.807) is 0 Å². The van der Waals surface area contributed by atoms with Crippen molar-refractivity contribution in [1.82, 2.24) is 0 Å². The third kappa shape index (κ3) is 3.93. The molecule has 1 aromatic rings. The molecule has 0 saturated heterocycles. The topological polar surface area (TPSA) is 101 Å². The first-order valence-corrected chi connectivity index (χ1v) is 7.25. The number of aromatic carboxylic acids is 1. The summed E-state index contributed by atoms with van der Waals surface area (Å²) < 4.78 is 28.8. The fourth-order valence-corrected chi connectivity index (χ4v) is 2.95. The van der Waals surface area contributed by atoms with E-state index in [0.717, 1.165) is 6.07 Å². The lowest BCUT2D eigenvalue weighted by Crippen LogP contribution is -2.13. The van der Waals surface area contributed by atoms with Gasteiger partial charge < -0.3 is 14.9 Å². The Morgan fingerprint density at radius 2 is 2.05 bits per heavy atom. The van der Waals surface area contributed by atoms with Crippen LogP contribution in [0.1, 0.15) is 23.7 Å². The Kier molecular flexibility index (Phi) is 4.90. The summed E-state index contributed by atoms with van der Waals surface area (Å²) >= 11 is 0. The van der Waals surface area contributed by atoms with Gasteiger partial charge in [-0.15, -0.1) is 0 Å². The third-order valence-electron chi connectivity index (χ3n) is 2.56. The number of hydrogen-bond donors (Lipinski definition) is 2. The van der Waals surface area contributed by atoms with Gasteiger partial charge in [0.2, 0.25) is 0 Å². The maximum Gasteiger partial charge on any atom is 0.339 e. The van der Waals surface area contributed by atoms with Crippen molar-refractivity contribution in [3.05, 3.63) is 23.8 Å². The molecule has 0 aliphatic rings. The van der Waals surface area contributed by atoms with Crippen LogP contribution >= 0.6 is 0 Å². The fraction of sp³-hybridized carbons (Fsp3) is 0.417. The molecule has 1 rings (SSSR count). The summed E-state index contributed by atoms with van der Waals surface area (Å²) in [4.78, 5) is 10.9. The van der Waals surface area contributed by atoms with Gasteiger partial charge in [0.05, 0.1) is 23.9 Å². The van der Waals surface area contributed by atoms with Crippen LogP contribution < -0.4 is 4.74 Å². The standard InChI is InChI=1S/C12H16O6S/c1-8(13)5-6-19(16,17)9-3-4-11(18-2)10(7-9)12(14)15/h3-4,7-8,13H,5-6H2,1-2H3,(H,14,15). The molecule has 7 heteroatoms. The third-order valence-corrected chi connectivity index (χ3v) is 4.31. The molecule has 0 aromatic heterocycles. The molecule has 1 atom stereocenters. The Labute approximate surface area is 111 Å². The van der Waals surface area contributed by atoms with E-state index >= 15 is 0 Å². The van der Waals surface area contributed by atoms with Gasteiger partial charge in [0.1, 0.15) is 11.3 Å². The summed E-state index contributed by atoms with van der Waals surface area (Å²) in [6.45, 7) is 1.49. The van der Waals surface area contributed by atoms with Crippen molar-refractivity contribution in [3.63, 3.8) is 0 Å². The Morgan fingerprint density at radius 1 is 1.42 bits per heavy atom. The summed E-state index contributed by atoms with van der Waals surface area (Å²) in [6.07, 6.45) is -0.636. The van der Waals surface area contributed by atoms with E-state index in [9.17, 15) is 13.2 Å². The summed E-state index contributed by atoms with van der Waals surface area (Å²) in [5.74, 6) is -1.40. The number of carboxylic acid groups (broad SMARTS) is 1. The Bertz CT molecular complexity index is 562. The van der Waals surface area contributed by atoms with Crippen molar-refractivity contribution >= 4 is 15.8 Å². The molecular weight excluding hydrogens is 272 g/mol. The minimum absolute atomic E-state index is 0.0913. The highest BCUT2D eigenvalue weighted by Crippen LogP contribution is 2.23. The lowest BCUT2D eigenvalue weighted by molar-refractivity contribution is 0.0693. The second-order valence-corrected chi connectivity index (χ2v) is 6.23. The maximum atomic E-state index is 12.0. The first-order chi connectivity index (χ1) is 8.77. The maximum absolute atomic E-state index is 12.0. The summed E-state index contributed by atoms with van der Waals surface area (Å²) in [5.41, 5.74) is -0.208. The number of rotatable bonds is 6. The van der Waals surface area contributed by atoms with E-state index in [1.807, 2.05) is 0 Å². The highest BCUT2D eigenvalue weighted by atomic mass is 32.2. The summed E-state index contributed by atoms with van der Waals surface area (Å²) in [5, 5.41) is 18.1. The van der Waals surface area contributed by atoms with E-state index in [4.69, 9.17) is 14.9 Å². The van der Waals surface area contributed by atoms with Gasteiger partial charge in [-0.25, -0.2) is 13.2 Å². The zero-order valence-corrected chi connectivity index (χ0v) is 11.5. The van der Waals surface area contributed by atoms with E-state index in [1.165, 1.54) is 26.2 Å². The van der Waals surface area contributed by atoms with Crippen LogP contribution in [0.5, 0.6) is 5.75 Å². The van der Waals surface area contributed by atoms with Gasteiger partial charge in [0.25, 0.3) is 0 Å². The number of ether oxygens (including phenoxy) is 1. The Hall–Kier alpha value is -1.60. The zero-order valence-electron chi connectivity index (χ0n) is 10.7. The molecule has 106 valence electrons. The van der Waals surface area contributed by atoms with Crippen LogP contribution in [0.15, 0.2) is 23.1 Å². The fourth-order valence-electron chi connectivity index (χ4n) is 1.49. The number of aliphatic hydroxyl groups is 1. The monoisotopic (exact) mass is 288 g/mol. The average molecular weight is 288 g/mol. The van der Waals surface area contributed by atoms with Crippen LogP contribution in [0.3, 0.4) is 0 Å². The van der Waals surface area contributed by atoms with Crippen molar-refractivity contribution in [2.75, 3.05) is 12.9 Å². The molecule has 0 spiro atoms. The SMILES string of the molecule is COc1ccc(S(=O)(=O)CCC(C)O)cc1C(=O)O. The molecule has 0 fully saturated rings. The van der Waals surface area contributed by atoms with Gasteiger partial charge >= 0.3 is 5.97 Å². The highest BCUT2D eigenvalue weighted by Gasteiger charge is 2.20. The summed E-state index contributed by atoms with van der Waals surface area (Å²) in [6, 6.07) is 3.67. The number of carboxylic acids is 1. The molecule has 0 saturated carbocycles. The second kappa shape index (κ2) is 6.03. The molecule has 0 radical (unpaired) electrons. The quantitative estimate of drug-likeness (QED) is 0.808. The Morgan fingerprint density at radius 3 is 2.53 bits per heavy atom. The van der Waals surface area contributed by atoms with Gasteiger partial charge in [0.15, 0.2) is 9.84 Å². The van der Waals surface area contributed by atoms with Crippen LogP contribution in [0, 0.1) is 0 Å². The minimum atomic E-state index is -3.62. The van der Waals surface area contributed by atoms with Crippen molar-refractivity contribution < 1.29 is 28.2 Å². The van der Waals surface area contributed by atoms with Crippen molar-refractivity contribution in [2.24, 2.45) is 0 Å². The molecule has 0 bridgehead atoms. The van der Waals surface area contributed by atoms with E-state index in [-0.39, 0.29) is 28.4 Å². The number of sulfone groups is 1. The number of benzene rings is 1.